The Balaban J connectivity index is 2.61. The maximum absolute atomic E-state index is 5.94. The minimum Gasteiger partial charge on any atom is -0.0618 e. The van der Waals surface area contributed by atoms with Crippen LogP contribution in [0.2, 0.25) is 0 Å². The molecule has 0 saturated heterocycles. The van der Waals surface area contributed by atoms with Crippen LogP contribution in [0.25, 0.3) is 0 Å². The SMILES string of the molecule is CCC[N+](Cl)c1ccccc1. The van der Waals surface area contributed by atoms with Crippen LogP contribution in [0.1, 0.15) is 13.3 Å². The molecule has 1 nitrogen and oxygen atoms in total. The van der Waals surface area contributed by atoms with E-state index in [0.717, 1.165) is 18.7 Å². The lowest BCUT2D eigenvalue weighted by Crippen LogP contribution is -2.11. The standard InChI is InChI=1S/C9H12ClN/c1-2-8-11(10)9-6-4-3-5-7-9/h3-7H,2,8H2,1H3/q+1. The Morgan fingerprint density at radius 3 is 2.45 bits per heavy atom. The molecule has 0 unspecified atom stereocenters. The van der Waals surface area contributed by atoms with Crippen LogP contribution in [0, 0.1) is 0 Å². The third-order valence-electron chi connectivity index (χ3n) is 1.46. The van der Waals surface area contributed by atoms with Crippen molar-refractivity contribution in [2.75, 3.05) is 6.54 Å². The van der Waals surface area contributed by atoms with Crippen molar-refractivity contribution >= 4 is 17.5 Å². The van der Waals surface area contributed by atoms with Crippen molar-refractivity contribution in [3.8, 4) is 0 Å². The lowest BCUT2D eigenvalue weighted by atomic mass is 10.3. The molecule has 0 fully saturated rings. The lowest BCUT2D eigenvalue weighted by Gasteiger charge is -1.97. The van der Waals surface area contributed by atoms with Gasteiger partial charge in [0, 0.05) is 18.6 Å². The van der Waals surface area contributed by atoms with E-state index >= 15 is 0 Å². The molecule has 0 aliphatic rings. The van der Waals surface area contributed by atoms with Gasteiger partial charge in [0.25, 0.3) is 0 Å². The van der Waals surface area contributed by atoms with E-state index in [2.05, 4.69) is 6.92 Å². The van der Waals surface area contributed by atoms with Crippen LogP contribution in [0.5, 0.6) is 0 Å². The summed E-state index contributed by atoms with van der Waals surface area (Å²) in [5.74, 6) is 0. The van der Waals surface area contributed by atoms with Gasteiger partial charge in [0.1, 0.15) is 6.54 Å². The summed E-state index contributed by atoms with van der Waals surface area (Å²) < 4.78 is 1.74. The summed E-state index contributed by atoms with van der Waals surface area (Å²) in [6, 6.07) is 9.96. The van der Waals surface area contributed by atoms with Gasteiger partial charge in [-0.2, -0.15) is 0 Å². The molecule has 0 aliphatic heterocycles. The number of nitrogens with zero attached hydrogens (tertiary/aromatic N) is 1. The molecule has 1 rings (SSSR count). The van der Waals surface area contributed by atoms with Crippen molar-refractivity contribution in [3.05, 3.63) is 30.3 Å². The lowest BCUT2D eigenvalue weighted by molar-refractivity contribution is 0.735. The van der Waals surface area contributed by atoms with Crippen molar-refractivity contribution in [2.24, 2.45) is 0 Å². The Morgan fingerprint density at radius 1 is 1.27 bits per heavy atom. The summed E-state index contributed by atoms with van der Waals surface area (Å²) in [6.07, 6.45) is 1.07. The smallest absolute Gasteiger partial charge is 0.0618 e. The molecule has 0 atom stereocenters. The van der Waals surface area contributed by atoms with Gasteiger partial charge in [-0.1, -0.05) is 25.1 Å². The predicted molar refractivity (Wildman–Crippen MR) is 49.2 cm³/mol. The molecular weight excluding hydrogens is 158 g/mol. The minimum absolute atomic E-state index is 0.894. The summed E-state index contributed by atoms with van der Waals surface area (Å²) in [4.78, 5) is 0. The number of rotatable bonds is 3. The monoisotopic (exact) mass is 169 g/mol. The third-order valence-corrected chi connectivity index (χ3v) is 1.82. The van der Waals surface area contributed by atoms with E-state index in [0.29, 0.717) is 0 Å². The first-order valence-electron chi connectivity index (χ1n) is 3.83. The highest BCUT2D eigenvalue weighted by Gasteiger charge is 2.13. The van der Waals surface area contributed by atoms with E-state index in [1.54, 1.807) is 4.42 Å². The van der Waals surface area contributed by atoms with Crippen LogP contribution in [0.3, 0.4) is 0 Å². The number of hydrogen-bond acceptors (Lipinski definition) is 1. The molecule has 0 saturated carbocycles. The molecule has 0 aromatic heterocycles. The summed E-state index contributed by atoms with van der Waals surface area (Å²) in [7, 11) is 0. The van der Waals surface area contributed by atoms with Crippen LogP contribution in [0.15, 0.2) is 30.3 Å². The van der Waals surface area contributed by atoms with Crippen LogP contribution in [-0.4, -0.2) is 6.54 Å². The third kappa shape index (κ3) is 2.52. The molecule has 0 spiro atoms. The molecule has 0 amide bonds. The van der Waals surface area contributed by atoms with E-state index in [1.165, 1.54) is 0 Å². The second-order valence-corrected chi connectivity index (χ2v) is 2.83. The molecule has 1 aromatic rings. The number of benzene rings is 1. The highest BCUT2D eigenvalue weighted by atomic mass is 35.5. The largest absolute Gasteiger partial charge is 0.232 e. The Morgan fingerprint density at radius 2 is 1.91 bits per heavy atom. The van der Waals surface area contributed by atoms with Gasteiger partial charge >= 0.3 is 0 Å². The van der Waals surface area contributed by atoms with E-state index in [1.807, 2.05) is 30.3 Å². The van der Waals surface area contributed by atoms with Crippen molar-refractivity contribution in [1.82, 2.24) is 4.42 Å². The van der Waals surface area contributed by atoms with Crippen LogP contribution >= 0.6 is 11.8 Å². The molecular formula is C9H12ClN+. The highest BCUT2D eigenvalue weighted by Crippen LogP contribution is 2.14. The van der Waals surface area contributed by atoms with Gasteiger partial charge in [0.05, 0.1) is 0 Å². The van der Waals surface area contributed by atoms with Gasteiger partial charge in [-0.05, 0) is 4.42 Å². The fourth-order valence-electron chi connectivity index (χ4n) is 0.915. The van der Waals surface area contributed by atoms with Crippen molar-refractivity contribution < 1.29 is 0 Å². The first-order chi connectivity index (χ1) is 5.34. The zero-order valence-electron chi connectivity index (χ0n) is 6.63. The zero-order valence-corrected chi connectivity index (χ0v) is 7.38. The number of halogens is 1. The predicted octanol–water partition coefficient (Wildman–Crippen LogP) is 3.02. The van der Waals surface area contributed by atoms with Gasteiger partial charge in [0.15, 0.2) is 0 Å². The van der Waals surface area contributed by atoms with E-state index in [-0.39, 0.29) is 0 Å². The van der Waals surface area contributed by atoms with Crippen LogP contribution < -0.4 is 4.42 Å². The van der Waals surface area contributed by atoms with E-state index in [4.69, 9.17) is 11.8 Å². The maximum atomic E-state index is 5.94. The fourth-order valence-corrected chi connectivity index (χ4v) is 1.20. The second kappa shape index (κ2) is 4.37. The average Bonchev–Trinajstić information content (AvgIpc) is 2.07. The fraction of sp³-hybridized carbons (Fsp3) is 0.333. The van der Waals surface area contributed by atoms with Crippen molar-refractivity contribution in [2.45, 2.75) is 13.3 Å². The maximum Gasteiger partial charge on any atom is 0.232 e. The summed E-state index contributed by atoms with van der Waals surface area (Å²) in [5, 5.41) is 0. The Bertz CT molecular complexity index is 198. The normalized spacial score (nSPS) is 10.5. The zero-order chi connectivity index (χ0) is 8.10. The Kier molecular flexibility index (Phi) is 3.40. The number of para-hydroxylation sites is 1. The molecule has 0 aliphatic carbocycles. The molecule has 11 heavy (non-hydrogen) atoms. The van der Waals surface area contributed by atoms with E-state index in [9.17, 15) is 0 Å². The van der Waals surface area contributed by atoms with Crippen molar-refractivity contribution in [3.63, 3.8) is 0 Å². The van der Waals surface area contributed by atoms with Gasteiger partial charge in [-0.25, -0.2) is 0 Å². The molecule has 59 valence electrons. The van der Waals surface area contributed by atoms with Crippen molar-refractivity contribution in [1.29, 1.82) is 0 Å². The van der Waals surface area contributed by atoms with Gasteiger partial charge in [-0.15, -0.1) is 0 Å². The Labute approximate surface area is 72.7 Å². The molecule has 0 N–H and O–H groups in total. The minimum atomic E-state index is 0.894. The van der Waals surface area contributed by atoms with Crippen LogP contribution in [0.4, 0.5) is 5.69 Å². The first kappa shape index (κ1) is 8.57. The summed E-state index contributed by atoms with van der Waals surface area (Å²) >= 11 is 5.94. The highest BCUT2D eigenvalue weighted by molar-refractivity contribution is 6.18. The Hall–Kier alpha value is -0.530. The number of hydrogen-bond donors (Lipinski definition) is 0. The summed E-state index contributed by atoms with van der Waals surface area (Å²) in [5.41, 5.74) is 1.07. The molecule has 1 aromatic carbocycles. The van der Waals surface area contributed by atoms with Crippen LogP contribution in [-0.2, 0) is 0 Å². The molecule has 2 heteroatoms. The molecule has 0 heterocycles. The summed E-state index contributed by atoms with van der Waals surface area (Å²) in [6.45, 7) is 3.00. The topological polar surface area (TPSA) is 5.90 Å². The van der Waals surface area contributed by atoms with E-state index < -0.39 is 0 Å². The van der Waals surface area contributed by atoms with Gasteiger partial charge in [0.2, 0.25) is 17.5 Å². The molecule has 1 radical (unpaired) electrons. The van der Waals surface area contributed by atoms with Gasteiger partial charge in [-0.3, -0.25) is 0 Å². The first-order valence-corrected chi connectivity index (χ1v) is 4.16. The second-order valence-electron chi connectivity index (χ2n) is 2.42. The molecule has 0 bridgehead atoms. The van der Waals surface area contributed by atoms with Gasteiger partial charge < -0.3 is 0 Å². The number of anilines is 1. The quantitative estimate of drug-likeness (QED) is 0.614. The average molecular weight is 170 g/mol.